The van der Waals surface area contributed by atoms with Crippen LogP contribution in [0.25, 0.3) is 11.0 Å². The van der Waals surface area contributed by atoms with Gasteiger partial charge in [0.2, 0.25) is 5.76 Å². The number of carbonyl (C=O) groups is 2. The maximum absolute atomic E-state index is 13.9. The highest BCUT2D eigenvalue weighted by Gasteiger charge is 2.43. The highest BCUT2D eigenvalue weighted by molar-refractivity contribution is 6.10. The van der Waals surface area contributed by atoms with Gasteiger partial charge in [-0.05, 0) is 86.0 Å². The molecule has 2 heterocycles. The summed E-state index contributed by atoms with van der Waals surface area (Å²) in [7, 11) is 0. The lowest BCUT2D eigenvalue weighted by molar-refractivity contribution is 0.0526. The van der Waals surface area contributed by atoms with Gasteiger partial charge in [0.15, 0.2) is 5.43 Å². The Balaban J connectivity index is 1.67. The molecule has 7 heteroatoms. The first-order valence-electron chi connectivity index (χ1n) is 12.4. The van der Waals surface area contributed by atoms with Crippen LogP contribution in [0.2, 0.25) is 0 Å². The van der Waals surface area contributed by atoms with Crippen LogP contribution < -0.4 is 15.1 Å². The quantitative estimate of drug-likeness (QED) is 0.228. The van der Waals surface area contributed by atoms with Crippen molar-refractivity contribution in [3.8, 4) is 5.75 Å². The average molecular weight is 510 g/mol. The molecule has 4 aromatic rings. The van der Waals surface area contributed by atoms with Gasteiger partial charge in [-0.1, -0.05) is 24.8 Å². The van der Waals surface area contributed by atoms with Crippen LogP contribution in [0.3, 0.4) is 0 Å². The first kappa shape index (κ1) is 25.0. The number of amides is 1. The molecule has 1 atom stereocenters. The smallest absolute Gasteiger partial charge is 0.338 e. The van der Waals surface area contributed by atoms with Crippen LogP contribution in [0.5, 0.6) is 5.75 Å². The Labute approximate surface area is 219 Å². The Morgan fingerprint density at radius 3 is 2.37 bits per heavy atom. The van der Waals surface area contributed by atoms with Gasteiger partial charge in [0.1, 0.15) is 17.9 Å². The van der Waals surface area contributed by atoms with Crippen molar-refractivity contribution < 1.29 is 23.5 Å². The molecule has 38 heavy (non-hydrogen) atoms. The summed E-state index contributed by atoms with van der Waals surface area (Å²) in [6.07, 6.45) is 1.65. The lowest BCUT2D eigenvalue weighted by atomic mass is 9.97. The minimum atomic E-state index is -0.735. The molecule has 0 bridgehead atoms. The average Bonchev–Trinajstić information content (AvgIpc) is 3.21. The van der Waals surface area contributed by atoms with E-state index in [1.165, 1.54) is 4.90 Å². The lowest BCUT2D eigenvalue weighted by Crippen LogP contribution is -2.29. The topological polar surface area (TPSA) is 86.0 Å². The molecule has 0 saturated heterocycles. The molecule has 1 aliphatic rings. The van der Waals surface area contributed by atoms with Crippen LogP contribution >= 0.6 is 0 Å². The fourth-order valence-corrected chi connectivity index (χ4v) is 4.68. The van der Waals surface area contributed by atoms with Crippen LogP contribution in [-0.4, -0.2) is 25.1 Å². The van der Waals surface area contributed by atoms with Crippen molar-refractivity contribution in [2.45, 2.75) is 26.8 Å². The Morgan fingerprint density at radius 1 is 1.03 bits per heavy atom. The Hall–Kier alpha value is -4.65. The number of hydrogen-bond acceptors (Lipinski definition) is 6. The van der Waals surface area contributed by atoms with Gasteiger partial charge in [0, 0.05) is 5.69 Å². The van der Waals surface area contributed by atoms with Crippen LogP contribution in [0.1, 0.15) is 56.1 Å². The van der Waals surface area contributed by atoms with Gasteiger partial charge < -0.3 is 13.9 Å². The molecule has 3 aromatic carbocycles. The molecular weight excluding hydrogens is 482 g/mol. The van der Waals surface area contributed by atoms with Crippen molar-refractivity contribution in [1.29, 1.82) is 0 Å². The van der Waals surface area contributed by atoms with Gasteiger partial charge in [0.05, 0.1) is 29.2 Å². The molecule has 1 unspecified atom stereocenters. The summed E-state index contributed by atoms with van der Waals surface area (Å²) >= 11 is 0. The monoisotopic (exact) mass is 509 g/mol. The van der Waals surface area contributed by atoms with Crippen LogP contribution in [0.4, 0.5) is 5.69 Å². The van der Waals surface area contributed by atoms with E-state index in [1.54, 1.807) is 61.5 Å². The predicted octanol–water partition coefficient (Wildman–Crippen LogP) is 5.90. The van der Waals surface area contributed by atoms with E-state index < -0.39 is 17.9 Å². The molecule has 1 aliphatic heterocycles. The normalized spacial score (nSPS) is 14.4. The second-order valence-corrected chi connectivity index (χ2v) is 9.12. The third-order valence-electron chi connectivity index (χ3n) is 6.71. The fraction of sp³-hybridized carbons (Fsp3) is 0.194. The van der Waals surface area contributed by atoms with Gasteiger partial charge in [-0.2, -0.15) is 0 Å². The first-order valence-corrected chi connectivity index (χ1v) is 12.4. The molecule has 0 saturated carbocycles. The van der Waals surface area contributed by atoms with Crippen molar-refractivity contribution in [2.75, 3.05) is 18.1 Å². The Kier molecular flexibility index (Phi) is 6.59. The third kappa shape index (κ3) is 4.26. The van der Waals surface area contributed by atoms with E-state index in [4.69, 9.17) is 13.9 Å². The molecule has 0 radical (unpaired) electrons. The second-order valence-electron chi connectivity index (χ2n) is 9.12. The molecule has 1 aromatic heterocycles. The van der Waals surface area contributed by atoms with E-state index in [2.05, 4.69) is 6.58 Å². The number of rotatable bonds is 7. The van der Waals surface area contributed by atoms with Crippen molar-refractivity contribution in [1.82, 2.24) is 0 Å². The molecule has 7 nitrogen and oxygen atoms in total. The van der Waals surface area contributed by atoms with Crippen LogP contribution in [-0.2, 0) is 4.74 Å². The number of nitrogens with zero attached hydrogens (tertiary/aromatic N) is 1. The minimum Gasteiger partial charge on any atom is -0.490 e. The first-order chi connectivity index (χ1) is 18.3. The number of carbonyl (C=O) groups excluding carboxylic acids is 2. The van der Waals surface area contributed by atoms with Crippen molar-refractivity contribution in [3.63, 3.8) is 0 Å². The fourth-order valence-electron chi connectivity index (χ4n) is 4.68. The van der Waals surface area contributed by atoms with Gasteiger partial charge in [-0.25, -0.2) is 4.79 Å². The van der Waals surface area contributed by atoms with E-state index in [9.17, 15) is 14.4 Å². The number of hydrogen-bond donors (Lipinski definition) is 0. The summed E-state index contributed by atoms with van der Waals surface area (Å²) in [6.45, 7) is 9.88. The van der Waals surface area contributed by atoms with E-state index in [1.807, 2.05) is 26.0 Å². The highest BCUT2D eigenvalue weighted by Crippen LogP contribution is 2.41. The summed E-state index contributed by atoms with van der Waals surface area (Å²) in [5.74, 6) is -0.230. The second kappa shape index (κ2) is 10.0. The third-order valence-corrected chi connectivity index (χ3v) is 6.71. The standard InChI is InChI=1S/C31H27NO6/c1-5-15-37-23-13-9-20(10-14-23)27-26-28(33)24-16-18(3)19(4)17-25(24)38-29(26)30(34)32(27)22-11-7-21(8-12-22)31(35)36-6-2/h5,7-14,16-17,27H,1,6,15H2,2-4H3. The zero-order valence-corrected chi connectivity index (χ0v) is 21.4. The molecule has 0 N–H and O–H groups in total. The number of esters is 1. The minimum absolute atomic E-state index is 0.0113. The zero-order chi connectivity index (χ0) is 27.0. The zero-order valence-electron chi connectivity index (χ0n) is 21.4. The van der Waals surface area contributed by atoms with Gasteiger partial charge in [-0.15, -0.1) is 0 Å². The van der Waals surface area contributed by atoms with Crippen LogP contribution in [0.15, 0.2) is 82.5 Å². The van der Waals surface area contributed by atoms with E-state index in [0.717, 1.165) is 11.1 Å². The molecule has 192 valence electrons. The predicted molar refractivity (Wildman–Crippen MR) is 145 cm³/mol. The number of fused-ring (bicyclic) bond motifs is 2. The molecule has 0 aliphatic carbocycles. The van der Waals surface area contributed by atoms with E-state index >= 15 is 0 Å². The van der Waals surface area contributed by atoms with Gasteiger partial charge >= 0.3 is 5.97 Å². The Bertz CT molecular complexity index is 1620. The maximum atomic E-state index is 13.9. The van der Waals surface area contributed by atoms with Crippen molar-refractivity contribution in [3.05, 3.63) is 117 Å². The van der Waals surface area contributed by atoms with E-state index in [0.29, 0.717) is 40.1 Å². The molecule has 5 rings (SSSR count). The van der Waals surface area contributed by atoms with Crippen molar-refractivity contribution in [2.24, 2.45) is 0 Å². The number of benzene rings is 3. The van der Waals surface area contributed by atoms with E-state index in [-0.39, 0.29) is 23.4 Å². The SMILES string of the molecule is C=CCOc1ccc(C2c3c(oc4cc(C)c(C)cc4c3=O)C(=O)N2c2ccc(C(=O)OCC)cc2)cc1. The number of anilines is 1. The molecule has 0 fully saturated rings. The summed E-state index contributed by atoms with van der Waals surface area (Å²) in [6, 6.07) is 16.6. The largest absolute Gasteiger partial charge is 0.490 e. The molecule has 0 spiro atoms. The maximum Gasteiger partial charge on any atom is 0.338 e. The summed E-state index contributed by atoms with van der Waals surface area (Å²) in [4.78, 5) is 41.4. The molecular formula is C31H27NO6. The summed E-state index contributed by atoms with van der Waals surface area (Å²) < 4.78 is 16.8. The Morgan fingerprint density at radius 2 is 1.71 bits per heavy atom. The van der Waals surface area contributed by atoms with Gasteiger partial charge in [0.25, 0.3) is 5.91 Å². The van der Waals surface area contributed by atoms with Crippen LogP contribution in [0, 0.1) is 13.8 Å². The summed E-state index contributed by atoms with van der Waals surface area (Å²) in [5, 5.41) is 0.426. The lowest BCUT2D eigenvalue weighted by Gasteiger charge is -2.25. The molecule has 1 amide bonds. The van der Waals surface area contributed by atoms with Crippen molar-refractivity contribution >= 4 is 28.5 Å². The number of ether oxygens (including phenoxy) is 2. The summed E-state index contributed by atoms with van der Waals surface area (Å²) in [5.41, 5.74) is 3.92. The number of aryl methyl sites for hydroxylation is 2. The van der Waals surface area contributed by atoms with Gasteiger partial charge in [-0.3, -0.25) is 14.5 Å². The highest BCUT2D eigenvalue weighted by atomic mass is 16.5.